The van der Waals surface area contributed by atoms with Gasteiger partial charge in [0, 0.05) is 5.38 Å². The van der Waals surface area contributed by atoms with Gasteiger partial charge in [0.05, 0.1) is 17.2 Å². The van der Waals surface area contributed by atoms with Gasteiger partial charge in [0.2, 0.25) is 0 Å². The molecule has 0 aliphatic carbocycles. The number of aryl methyl sites for hydroxylation is 1. The van der Waals surface area contributed by atoms with Gasteiger partial charge in [-0.1, -0.05) is 6.92 Å². The Hall–Kier alpha value is -1.48. The molecule has 2 heterocycles. The Bertz CT molecular complexity index is 636. The van der Waals surface area contributed by atoms with Crippen LogP contribution >= 0.6 is 22.7 Å². The zero-order chi connectivity index (χ0) is 15.6. The first-order valence-electron chi connectivity index (χ1n) is 6.06. The maximum Gasteiger partial charge on any atom is 0.434 e. The number of halogens is 3. The summed E-state index contributed by atoms with van der Waals surface area (Å²) in [6, 6.07) is -0.542. The minimum atomic E-state index is -4.47. The molecule has 0 saturated carbocycles. The molecule has 2 rings (SSSR count). The van der Waals surface area contributed by atoms with Gasteiger partial charge in [0.25, 0.3) is 5.91 Å². The lowest BCUT2D eigenvalue weighted by molar-refractivity contribution is -0.140. The van der Waals surface area contributed by atoms with Crippen LogP contribution in [0.1, 0.15) is 45.5 Å². The zero-order valence-corrected chi connectivity index (χ0v) is 12.8. The number of carbonyl (C=O) groups excluding carboxylic acids is 1. The molecule has 0 fully saturated rings. The molecule has 4 nitrogen and oxygen atoms in total. The van der Waals surface area contributed by atoms with Gasteiger partial charge in [0.1, 0.15) is 9.88 Å². The van der Waals surface area contributed by atoms with E-state index in [0.717, 1.165) is 16.7 Å². The number of alkyl halides is 3. The number of carbonyl (C=O) groups is 1. The molecule has 0 aliphatic heterocycles. The number of aromatic nitrogens is 2. The van der Waals surface area contributed by atoms with Crippen LogP contribution < -0.4 is 5.32 Å². The van der Waals surface area contributed by atoms with E-state index in [1.165, 1.54) is 11.3 Å². The van der Waals surface area contributed by atoms with Gasteiger partial charge in [-0.05, 0) is 13.3 Å². The Labute approximate surface area is 127 Å². The summed E-state index contributed by atoms with van der Waals surface area (Å²) in [5.41, 5.74) is 1.22. The van der Waals surface area contributed by atoms with Crippen LogP contribution in [-0.4, -0.2) is 15.9 Å². The number of hydrogen-bond acceptors (Lipinski definition) is 5. The predicted molar refractivity (Wildman–Crippen MR) is 74.5 cm³/mol. The van der Waals surface area contributed by atoms with E-state index in [2.05, 4.69) is 15.3 Å². The maximum atomic E-state index is 12.6. The molecule has 0 saturated heterocycles. The van der Waals surface area contributed by atoms with Crippen molar-refractivity contribution in [1.82, 2.24) is 15.3 Å². The standard InChI is InChI=1S/C12H12F3N3OS2/c1-3-7(11-18-8(4-20-11)12(13,14)15)17-10(19)9-6(2)16-5-21-9/h4-5,7H,3H2,1-2H3,(H,17,19). The Morgan fingerprint density at radius 2 is 2.14 bits per heavy atom. The Kier molecular flexibility index (Phi) is 4.62. The lowest BCUT2D eigenvalue weighted by Crippen LogP contribution is -2.28. The molecule has 0 bridgehead atoms. The minimum Gasteiger partial charge on any atom is -0.342 e. The second-order valence-corrected chi connectivity index (χ2v) is 6.01. The quantitative estimate of drug-likeness (QED) is 0.924. The highest BCUT2D eigenvalue weighted by Gasteiger charge is 2.34. The van der Waals surface area contributed by atoms with Crippen molar-refractivity contribution in [3.8, 4) is 0 Å². The SMILES string of the molecule is CCC(NC(=O)c1scnc1C)c1nc(C(F)(F)F)cs1. The van der Waals surface area contributed by atoms with Gasteiger partial charge in [0.15, 0.2) is 5.69 Å². The van der Waals surface area contributed by atoms with Crippen molar-refractivity contribution in [3.05, 3.63) is 32.2 Å². The smallest absolute Gasteiger partial charge is 0.342 e. The third-order valence-corrected chi connectivity index (χ3v) is 4.66. The molecule has 1 unspecified atom stereocenters. The summed E-state index contributed by atoms with van der Waals surface area (Å²) in [6.45, 7) is 3.48. The largest absolute Gasteiger partial charge is 0.434 e. The molecular weight excluding hydrogens is 323 g/mol. The van der Waals surface area contributed by atoms with Crippen LogP contribution in [0.15, 0.2) is 10.9 Å². The first kappa shape index (κ1) is 15.9. The predicted octanol–water partition coefficient (Wildman–Crippen LogP) is 3.81. The van der Waals surface area contributed by atoms with E-state index >= 15 is 0 Å². The average Bonchev–Trinajstić information content (AvgIpc) is 3.03. The van der Waals surface area contributed by atoms with Crippen molar-refractivity contribution in [2.45, 2.75) is 32.5 Å². The van der Waals surface area contributed by atoms with E-state index in [1.54, 1.807) is 19.4 Å². The first-order chi connectivity index (χ1) is 9.82. The highest BCUT2D eigenvalue weighted by Crippen LogP contribution is 2.32. The van der Waals surface area contributed by atoms with Crippen molar-refractivity contribution >= 4 is 28.6 Å². The summed E-state index contributed by atoms with van der Waals surface area (Å²) in [6.07, 6.45) is -4.01. The number of thiazole rings is 2. The number of rotatable bonds is 4. The fourth-order valence-electron chi connectivity index (χ4n) is 1.66. The molecule has 1 N–H and O–H groups in total. The lowest BCUT2D eigenvalue weighted by atomic mass is 10.2. The molecule has 0 radical (unpaired) electrons. The van der Waals surface area contributed by atoms with Crippen molar-refractivity contribution in [1.29, 1.82) is 0 Å². The molecule has 0 spiro atoms. The Balaban J connectivity index is 2.15. The molecule has 2 aromatic heterocycles. The van der Waals surface area contributed by atoms with Gasteiger partial charge in [-0.25, -0.2) is 9.97 Å². The van der Waals surface area contributed by atoms with E-state index < -0.39 is 17.9 Å². The maximum absolute atomic E-state index is 12.6. The molecule has 21 heavy (non-hydrogen) atoms. The van der Waals surface area contributed by atoms with E-state index in [9.17, 15) is 18.0 Å². The number of nitrogens with zero attached hydrogens (tertiary/aromatic N) is 2. The fraction of sp³-hybridized carbons (Fsp3) is 0.417. The second-order valence-electron chi connectivity index (χ2n) is 4.27. The van der Waals surface area contributed by atoms with Crippen LogP contribution in [0.3, 0.4) is 0 Å². The summed E-state index contributed by atoms with van der Waals surface area (Å²) in [4.78, 5) is 20.1. The minimum absolute atomic E-state index is 0.250. The molecule has 0 aromatic carbocycles. The third kappa shape index (κ3) is 3.59. The molecule has 0 aliphatic rings. The van der Waals surface area contributed by atoms with Gasteiger partial charge < -0.3 is 5.32 Å². The topological polar surface area (TPSA) is 54.9 Å². The summed E-state index contributed by atoms with van der Waals surface area (Å²) >= 11 is 2.09. The van der Waals surface area contributed by atoms with Crippen LogP contribution in [-0.2, 0) is 6.18 Å². The van der Waals surface area contributed by atoms with Crippen molar-refractivity contribution < 1.29 is 18.0 Å². The van der Waals surface area contributed by atoms with Crippen molar-refractivity contribution in [3.63, 3.8) is 0 Å². The first-order valence-corrected chi connectivity index (χ1v) is 7.82. The fourth-order valence-corrected chi connectivity index (χ4v) is 3.32. The van der Waals surface area contributed by atoms with Crippen molar-refractivity contribution in [2.24, 2.45) is 0 Å². The van der Waals surface area contributed by atoms with Crippen LogP contribution in [0.2, 0.25) is 0 Å². The van der Waals surface area contributed by atoms with Gasteiger partial charge in [-0.3, -0.25) is 4.79 Å². The van der Waals surface area contributed by atoms with Crippen LogP contribution in [0.4, 0.5) is 13.2 Å². The van der Waals surface area contributed by atoms with E-state index in [0.29, 0.717) is 17.0 Å². The average molecular weight is 335 g/mol. The summed E-state index contributed by atoms with van der Waals surface area (Å²) in [5, 5.41) is 3.91. The number of amides is 1. The van der Waals surface area contributed by atoms with Crippen molar-refractivity contribution in [2.75, 3.05) is 0 Å². The van der Waals surface area contributed by atoms with Crippen LogP contribution in [0, 0.1) is 6.92 Å². The zero-order valence-electron chi connectivity index (χ0n) is 11.2. The Morgan fingerprint density at radius 3 is 2.62 bits per heavy atom. The van der Waals surface area contributed by atoms with Crippen LogP contribution in [0.5, 0.6) is 0 Å². The van der Waals surface area contributed by atoms with E-state index in [-0.39, 0.29) is 10.9 Å². The molecule has 9 heteroatoms. The summed E-state index contributed by atoms with van der Waals surface area (Å²) in [7, 11) is 0. The molecule has 114 valence electrons. The third-order valence-electron chi connectivity index (χ3n) is 2.78. The summed E-state index contributed by atoms with van der Waals surface area (Å²) in [5.74, 6) is -0.342. The van der Waals surface area contributed by atoms with Crippen LogP contribution in [0.25, 0.3) is 0 Å². The highest BCUT2D eigenvalue weighted by atomic mass is 32.1. The molecular formula is C12H12F3N3OS2. The normalized spacial score (nSPS) is 13.2. The lowest BCUT2D eigenvalue weighted by Gasteiger charge is -2.14. The molecule has 1 amide bonds. The van der Waals surface area contributed by atoms with Gasteiger partial charge in [-0.15, -0.1) is 22.7 Å². The summed E-state index contributed by atoms with van der Waals surface area (Å²) < 4.78 is 37.7. The van der Waals surface area contributed by atoms with Gasteiger partial charge >= 0.3 is 6.18 Å². The molecule has 2 aromatic rings. The van der Waals surface area contributed by atoms with E-state index in [1.807, 2.05) is 0 Å². The highest BCUT2D eigenvalue weighted by molar-refractivity contribution is 7.12. The second kappa shape index (κ2) is 6.10. The number of hydrogen-bond donors (Lipinski definition) is 1. The monoisotopic (exact) mass is 335 g/mol. The number of nitrogens with one attached hydrogen (secondary N) is 1. The molecule has 1 atom stereocenters. The van der Waals surface area contributed by atoms with E-state index in [4.69, 9.17) is 0 Å². The van der Waals surface area contributed by atoms with Gasteiger partial charge in [-0.2, -0.15) is 13.2 Å². The Morgan fingerprint density at radius 1 is 1.43 bits per heavy atom.